The lowest BCUT2D eigenvalue weighted by molar-refractivity contribution is 0.0181. The number of ether oxygens (including phenoxy) is 1. The zero-order valence-electron chi connectivity index (χ0n) is 12.4. The number of hydrogen-bond acceptors (Lipinski definition) is 3. The second kappa shape index (κ2) is 6.17. The summed E-state index contributed by atoms with van der Waals surface area (Å²) in [6.07, 6.45) is 1.12. The second-order valence-electron chi connectivity index (χ2n) is 6.52. The molecule has 0 aromatic rings. The first-order valence-corrected chi connectivity index (χ1v) is 6.84. The first kappa shape index (κ1) is 14.9. The van der Waals surface area contributed by atoms with Crippen LogP contribution in [0.1, 0.15) is 41.0 Å². The van der Waals surface area contributed by atoms with Gasteiger partial charge in [0.1, 0.15) is 0 Å². The van der Waals surface area contributed by atoms with Gasteiger partial charge in [0.05, 0.1) is 0 Å². The zero-order chi connectivity index (χ0) is 13.1. The van der Waals surface area contributed by atoms with Crippen molar-refractivity contribution in [3.63, 3.8) is 0 Å². The highest BCUT2D eigenvalue weighted by Crippen LogP contribution is 2.28. The summed E-state index contributed by atoms with van der Waals surface area (Å²) >= 11 is 0. The number of nitrogens with one attached hydrogen (secondary N) is 1. The van der Waals surface area contributed by atoms with Gasteiger partial charge in [-0.3, -0.25) is 4.90 Å². The molecule has 0 aliphatic carbocycles. The van der Waals surface area contributed by atoms with E-state index in [0.29, 0.717) is 23.5 Å². The maximum atomic E-state index is 5.21. The summed E-state index contributed by atoms with van der Waals surface area (Å²) in [4.78, 5) is 2.67. The fourth-order valence-electron chi connectivity index (χ4n) is 2.68. The van der Waals surface area contributed by atoms with Crippen molar-refractivity contribution in [2.75, 3.05) is 26.8 Å². The van der Waals surface area contributed by atoms with Gasteiger partial charge in [-0.2, -0.15) is 0 Å². The Morgan fingerprint density at radius 2 is 2.06 bits per heavy atom. The Bertz CT molecular complexity index is 225. The van der Waals surface area contributed by atoms with Crippen LogP contribution in [0.2, 0.25) is 0 Å². The molecule has 1 heterocycles. The molecule has 3 heteroatoms. The van der Waals surface area contributed by atoms with E-state index in [9.17, 15) is 0 Å². The van der Waals surface area contributed by atoms with Gasteiger partial charge in [-0.25, -0.2) is 0 Å². The summed E-state index contributed by atoms with van der Waals surface area (Å²) in [5.74, 6) is 0. The number of nitrogens with zero attached hydrogens (tertiary/aromatic N) is 1. The maximum absolute atomic E-state index is 5.21. The molecule has 1 rings (SSSR count). The molecular formula is C14H30N2O. The molecule has 0 aromatic heterocycles. The van der Waals surface area contributed by atoms with Crippen LogP contribution in [0.5, 0.6) is 0 Å². The molecule has 17 heavy (non-hydrogen) atoms. The topological polar surface area (TPSA) is 24.5 Å². The van der Waals surface area contributed by atoms with Crippen LogP contribution >= 0.6 is 0 Å². The van der Waals surface area contributed by atoms with E-state index in [4.69, 9.17) is 4.74 Å². The van der Waals surface area contributed by atoms with Crippen molar-refractivity contribution in [3.8, 4) is 0 Å². The van der Waals surface area contributed by atoms with Gasteiger partial charge in [-0.1, -0.05) is 20.8 Å². The van der Waals surface area contributed by atoms with Crippen molar-refractivity contribution < 1.29 is 4.74 Å². The molecule has 1 aliphatic rings. The summed E-state index contributed by atoms with van der Waals surface area (Å²) < 4.78 is 5.21. The largest absolute Gasteiger partial charge is 0.385 e. The van der Waals surface area contributed by atoms with Gasteiger partial charge in [-0.15, -0.1) is 0 Å². The van der Waals surface area contributed by atoms with E-state index < -0.39 is 0 Å². The van der Waals surface area contributed by atoms with Crippen LogP contribution in [0.15, 0.2) is 0 Å². The molecule has 1 saturated heterocycles. The lowest BCUT2D eigenvalue weighted by Crippen LogP contribution is -2.62. The predicted molar refractivity (Wildman–Crippen MR) is 73.4 cm³/mol. The van der Waals surface area contributed by atoms with Crippen molar-refractivity contribution in [3.05, 3.63) is 0 Å². The first-order valence-electron chi connectivity index (χ1n) is 6.84. The highest BCUT2D eigenvalue weighted by molar-refractivity contribution is 4.93. The number of rotatable bonds is 4. The Kier molecular flexibility index (Phi) is 5.42. The summed E-state index contributed by atoms with van der Waals surface area (Å²) in [6.45, 7) is 14.7. The molecule has 102 valence electrons. The van der Waals surface area contributed by atoms with E-state index in [1.165, 1.54) is 0 Å². The van der Waals surface area contributed by atoms with Crippen LogP contribution in [0.25, 0.3) is 0 Å². The molecule has 0 aromatic carbocycles. The van der Waals surface area contributed by atoms with E-state index in [2.05, 4.69) is 44.8 Å². The van der Waals surface area contributed by atoms with E-state index >= 15 is 0 Å². The summed E-state index contributed by atoms with van der Waals surface area (Å²) in [7, 11) is 1.79. The Hall–Kier alpha value is -0.120. The van der Waals surface area contributed by atoms with Gasteiger partial charge in [0.15, 0.2) is 0 Å². The molecular weight excluding hydrogens is 212 g/mol. The Labute approximate surface area is 107 Å². The molecule has 1 N–H and O–H groups in total. The van der Waals surface area contributed by atoms with Crippen LogP contribution in [-0.2, 0) is 4.74 Å². The fraction of sp³-hybridized carbons (Fsp3) is 1.00. The van der Waals surface area contributed by atoms with Crippen LogP contribution in [0.4, 0.5) is 0 Å². The minimum Gasteiger partial charge on any atom is -0.385 e. The van der Waals surface area contributed by atoms with E-state index in [1.807, 2.05) is 0 Å². The van der Waals surface area contributed by atoms with Crippen molar-refractivity contribution in [1.82, 2.24) is 10.2 Å². The van der Waals surface area contributed by atoms with Crippen LogP contribution < -0.4 is 5.32 Å². The van der Waals surface area contributed by atoms with Crippen LogP contribution in [0, 0.1) is 5.41 Å². The number of methoxy groups -OCH3 is 1. The standard InChI is InChI=1S/C14H30N2O/c1-11-10-16(12(2)7-8-17-6)13(9-15-11)14(3,4)5/h11-13,15H,7-10H2,1-6H3. The van der Waals surface area contributed by atoms with Crippen molar-refractivity contribution in [2.45, 2.75) is 59.2 Å². The average Bonchev–Trinajstić information content (AvgIpc) is 2.24. The van der Waals surface area contributed by atoms with E-state index in [1.54, 1.807) is 7.11 Å². The first-order chi connectivity index (χ1) is 7.86. The lowest BCUT2D eigenvalue weighted by atomic mass is 9.83. The smallest absolute Gasteiger partial charge is 0.0477 e. The minimum atomic E-state index is 0.328. The molecule has 0 bridgehead atoms. The molecule has 1 aliphatic heterocycles. The van der Waals surface area contributed by atoms with E-state index in [0.717, 1.165) is 26.1 Å². The summed E-state index contributed by atoms with van der Waals surface area (Å²) in [5, 5.41) is 3.61. The van der Waals surface area contributed by atoms with Gasteiger partial charge in [0.25, 0.3) is 0 Å². The maximum Gasteiger partial charge on any atom is 0.0477 e. The molecule has 0 radical (unpaired) electrons. The lowest BCUT2D eigenvalue weighted by Gasteiger charge is -2.48. The Balaban J connectivity index is 2.67. The average molecular weight is 242 g/mol. The third-order valence-corrected chi connectivity index (χ3v) is 3.85. The highest BCUT2D eigenvalue weighted by Gasteiger charge is 2.36. The normalized spacial score (nSPS) is 29.3. The molecule has 0 spiro atoms. The molecule has 1 fully saturated rings. The van der Waals surface area contributed by atoms with Gasteiger partial charge >= 0.3 is 0 Å². The zero-order valence-corrected chi connectivity index (χ0v) is 12.4. The quantitative estimate of drug-likeness (QED) is 0.817. The molecule has 0 amide bonds. The van der Waals surface area contributed by atoms with E-state index in [-0.39, 0.29) is 0 Å². The van der Waals surface area contributed by atoms with Crippen LogP contribution in [-0.4, -0.2) is 49.8 Å². The van der Waals surface area contributed by atoms with Crippen molar-refractivity contribution in [1.29, 1.82) is 0 Å². The minimum absolute atomic E-state index is 0.328. The third-order valence-electron chi connectivity index (χ3n) is 3.85. The predicted octanol–water partition coefficient (Wildman–Crippen LogP) is 2.12. The van der Waals surface area contributed by atoms with Crippen molar-refractivity contribution in [2.24, 2.45) is 5.41 Å². The van der Waals surface area contributed by atoms with Crippen molar-refractivity contribution >= 4 is 0 Å². The Morgan fingerprint density at radius 3 is 2.59 bits per heavy atom. The molecule has 3 unspecified atom stereocenters. The molecule has 3 atom stereocenters. The van der Waals surface area contributed by atoms with Gasteiger partial charge in [0.2, 0.25) is 0 Å². The van der Waals surface area contributed by atoms with Crippen LogP contribution in [0.3, 0.4) is 0 Å². The summed E-state index contributed by atoms with van der Waals surface area (Å²) in [5.41, 5.74) is 0.328. The monoisotopic (exact) mass is 242 g/mol. The fourth-order valence-corrected chi connectivity index (χ4v) is 2.68. The van der Waals surface area contributed by atoms with Gasteiger partial charge < -0.3 is 10.1 Å². The third kappa shape index (κ3) is 4.23. The Morgan fingerprint density at radius 1 is 1.41 bits per heavy atom. The molecule has 3 nitrogen and oxygen atoms in total. The number of hydrogen-bond donors (Lipinski definition) is 1. The highest BCUT2D eigenvalue weighted by atomic mass is 16.5. The number of piperazine rings is 1. The summed E-state index contributed by atoms with van der Waals surface area (Å²) in [6, 6.07) is 1.81. The SMILES string of the molecule is COCCC(C)N1CC(C)NCC1C(C)(C)C. The molecule has 0 saturated carbocycles. The van der Waals surface area contributed by atoms with Gasteiger partial charge in [-0.05, 0) is 25.7 Å². The second-order valence-corrected chi connectivity index (χ2v) is 6.52. The van der Waals surface area contributed by atoms with Gasteiger partial charge in [0, 0.05) is 44.9 Å².